The highest BCUT2D eigenvalue weighted by Crippen LogP contribution is 2.36. The molecule has 3 nitrogen and oxygen atoms in total. The summed E-state index contributed by atoms with van der Waals surface area (Å²) in [6.45, 7) is 5.89. The molecule has 18 heavy (non-hydrogen) atoms. The molecule has 0 saturated heterocycles. The summed E-state index contributed by atoms with van der Waals surface area (Å²) < 4.78 is 5.84. The van der Waals surface area contributed by atoms with Crippen molar-refractivity contribution in [2.24, 2.45) is 5.92 Å². The minimum Gasteiger partial charge on any atom is -0.493 e. The maximum atomic E-state index is 9.03. The quantitative estimate of drug-likeness (QED) is 0.813. The predicted molar refractivity (Wildman–Crippen MR) is 72.9 cm³/mol. The lowest BCUT2D eigenvalue weighted by molar-refractivity contribution is 0.173. The number of nitrogens with one attached hydrogen (secondary N) is 1. The molecule has 1 aliphatic rings. The molecule has 2 N–H and O–H groups in total. The third kappa shape index (κ3) is 2.85. The van der Waals surface area contributed by atoms with Crippen LogP contribution in [0.2, 0.25) is 0 Å². The molecule has 1 aromatic carbocycles. The molecule has 0 saturated carbocycles. The third-order valence-electron chi connectivity index (χ3n) is 3.51. The Kier molecular flexibility index (Phi) is 4.61. The SMILES string of the molecule is CCNC1CCc2c(OCC(C)CO)cccc21. The molecule has 1 aromatic rings. The molecule has 3 heteroatoms. The maximum absolute atomic E-state index is 9.03. The largest absolute Gasteiger partial charge is 0.493 e. The molecule has 0 aliphatic heterocycles. The molecular weight excluding hydrogens is 226 g/mol. The molecule has 1 aliphatic carbocycles. The molecule has 2 unspecified atom stereocenters. The predicted octanol–water partition coefficient (Wildman–Crippen LogP) is 2.29. The van der Waals surface area contributed by atoms with Gasteiger partial charge in [0, 0.05) is 18.6 Å². The van der Waals surface area contributed by atoms with Crippen molar-refractivity contribution in [2.75, 3.05) is 19.8 Å². The van der Waals surface area contributed by atoms with Gasteiger partial charge in [0.1, 0.15) is 5.75 Å². The molecule has 100 valence electrons. The monoisotopic (exact) mass is 249 g/mol. The summed E-state index contributed by atoms with van der Waals surface area (Å²) in [5, 5.41) is 12.5. The lowest BCUT2D eigenvalue weighted by atomic mass is 10.1. The topological polar surface area (TPSA) is 41.5 Å². The number of aliphatic hydroxyl groups is 1. The minimum atomic E-state index is 0.176. The number of ether oxygens (including phenoxy) is 1. The molecule has 0 heterocycles. The molecule has 0 radical (unpaired) electrons. The summed E-state index contributed by atoms with van der Waals surface area (Å²) >= 11 is 0. The zero-order chi connectivity index (χ0) is 13.0. The lowest BCUT2D eigenvalue weighted by Crippen LogP contribution is -2.18. The van der Waals surface area contributed by atoms with Gasteiger partial charge in [0.05, 0.1) is 6.61 Å². The van der Waals surface area contributed by atoms with E-state index in [-0.39, 0.29) is 12.5 Å². The van der Waals surface area contributed by atoms with Gasteiger partial charge in [-0.05, 0) is 36.6 Å². The molecular formula is C15H23NO2. The number of benzene rings is 1. The fourth-order valence-corrected chi connectivity index (χ4v) is 2.50. The van der Waals surface area contributed by atoms with Gasteiger partial charge in [0.2, 0.25) is 0 Å². The van der Waals surface area contributed by atoms with Crippen molar-refractivity contribution in [3.05, 3.63) is 29.3 Å². The first-order valence-electron chi connectivity index (χ1n) is 6.85. The van der Waals surface area contributed by atoms with E-state index < -0.39 is 0 Å². The Bertz CT molecular complexity index is 392. The van der Waals surface area contributed by atoms with Crippen LogP contribution in [0.1, 0.15) is 37.4 Å². The Morgan fingerprint density at radius 3 is 3.06 bits per heavy atom. The van der Waals surface area contributed by atoms with Crippen LogP contribution in [0.15, 0.2) is 18.2 Å². The first-order valence-corrected chi connectivity index (χ1v) is 6.85. The van der Waals surface area contributed by atoms with Crippen molar-refractivity contribution in [1.29, 1.82) is 0 Å². The van der Waals surface area contributed by atoms with Crippen molar-refractivity contribution >= 4 is 0 Å². The van der Waals surface area contributed by atoms with Gasteiger partial charge in [-0.1, -0.05) is 26.0 Å². The van der Waals surface area contributed by atoms with Gasteiger partial charge in [-0.3, -0.25) is 0 Å². The van der Waals surface area contributed by atoms with E-state index >= 15 is 0 Å². The highest BCUT2D eigenvalue weighted by atomic mass is 16.5. The first-order chi connectivity index (χ1) is 8.76. The van der Waals surface area contributed by atoms with E-state index in [9.17, 15) is 0 Å². The molecule has 2 rings (SSSR count). The second-order valence-electron chi connectivity index (χ2n) is 5.07. The van der Waals surface area contributed by atoms with Gasteiger partial charge in [-0.25, -0.2) is 0 Å². The van der Waals surface area contributed by atoms with Crippen molar-refractivity contribution in [1.82, 2.24) is 5.32 Å². The summed E-state index contributed by atoms with van der Waals surface area (Å²) in [6.07, 6.45) is 2.23. The van der Waals surface area contributed by atoms with E-state index in [2.05, 4.69) is 24.4 Å². The van der Waals surface area contributed by atoms with Crippen LogP contribution in [-0.2, 0) is 6.42 Å². The fourth-order valence-electron chi connectivity index (χ4n) is 2.50. The van der Waals surface area contributed by atoms with Gasteiger partial charge in [-0.2, -0.15) is 0 Å². The second kappa shape index (κ2) is 6.21. The lowest BCUT2D eigenvalue weighted by Gasteiger charge is -2.15. The van der Waals surface area contributed by atoms with Gasteiger partial charge in [0.15, 0.2) is 0 Å². The van der Waals surface area contributed by atoms with Crippen molar-refractivity contribution in [3.8, 4) is 5.75 Å². The molecule has 0 spiro atoms. The summed E-state index contributed by atoms with van der Waals surface area (Å²) in [4.78, 5) is 0. The zero-order valence-electron chi connectivity index (χ0n) is 11.3. The third-order valence-corrected chi connectivity index (χ3v) is 3.51. The zero-order valence-corrected chi connectivity index (χ0v) is 11.3. The maximum Gasteiger partial charge on any atom is 0.122 e. The first kappa shape index (κ1) is 13.4. The summed E-state index contributed by atoms with van der Waals surface area (Å²) in [7, 11) is 0. The van der Waals surface area contributed by atoms with E-state index in [1.165, 1.54) is 11.1 Å². The Labute approximate surface area is 109 Å². The summed E-state index contributed by atoms with van der Waals surface area (Å²) in [6, 6.07) is 6.77. The van der Waals surface area contributed by atoms with Crippen LogP contribution >= 0.6 is 0 Å². The highest BCUT2D eigenvalue weighted by molar-refractivity contribution is 5.45. The van der Waals surface area contributed by atoms with Crippen LogP contribution in [-0.4, -0.2) is 24.9 Å². The van der Waals surface area contributed by atoms with E-state index in [1.54, 1.807) is 0 Å². The number of fused-ring (bicyclic) bond motifs is 1. The molecule has 0 aromatic heterocycles. The smallest absolute Gasteiger partial charge is 0.122 e. The van der Waals surface area contributed by atoms with E-state index in [1.807, 2.05) is 13.0 Å². The van der Waals surface area contributed by atoms with Crippen molar-refractivity contribution < 1.29 is 9.84 Å². The van der Waals surface area contributed by atoms with Gasteiger partial charge >= 0.3 is 0 Å². The van der Waals surface area contributed by atoms with Crippen LogP contribution in [0, 0.1) is 5.92 Å². The van der Waals surface area contributed by atoms with Gasteiger partial charge in [0.25, 0.3) is 0 Å². The number of aliphatic hydroxyl groups excluding tert-OH is 1. The van der Waals surface area contributed by atoms with Crippen LogP contribution in [0.4, 0.5) is 0 Å². The van der Waals surface area contributed by atoms with Crippen LogP contribution in [0.5, 0.6) is 5.75 Å². The van der Waals surface area contributed by atoms with Crippen LogP contribution < -0.4 is 10.1 Å². The highest BCUT2D eigenvalue weighted by Gasteiger charge is 2.24. The van der Waals surface area contributed by atoms with Gasteiger partial charge in [-0.15, -0.1) is 0 Å². The van der Waals surface area contributed by atoms with E-state index in [0.29, 0.717) is 12.6 Å². The number of hydrogen-bond donors (Lipinski definition) is 2. The Hall–Kier alpha value is -1.06. The number of rotatable bonds is 6. The van der Waals surface area contributed by atoms with E-state index in [4.69, 9.17) is 9.84 Å². The molecule has 0 fully saturated rings. The average Bonchev–Trinajstić information content (AvgIpc) is 2.80. The standard InChI is InChI=1S/C15H23NO2/c1-3-16-14-8-7-13-12(14)5-4-6-15(13)18-10-11(2)9-17/h4-6,11,14,16-17H,3,7-10H2,1-2H3. The van der Waals surface area contributed by atoms with Crippen LogP contribution in [0.3, 0.4) is 0 Å². The van der Waals surface area contributed by atoms with Crippen molar-refractivity contribution in [3.63, 3.8) is 0 Å². The molecule has 0 amide bonds. The minimum absolute atomic E-state index is 0.176. The van der Waals surface area contributed by atoms with Crippen LogP contribution in [0.25, 0.3) is 0 Å². The summed E-state index contributed by atoms with van der Waals surface area (Å²) in [5.74, 6) is 1.18. The fraction of sp³-hybridized carbons (Fsp3) is 0.600. The Morgan fingerprint density at radius 1 is 1.50 bits per heavy atom. The van der Waals surface area contributed by atoms with Gasteiger partial charge < -0.3 is 15.2 Å². The van der Waals surface area contributed by atoms with Crippen molar-refractivity contribution in [2.45, 2.75) is 32.7 Å². The summed E-state index contributed by atoms with van der Waals surface area (Å²) in [5.41, 5.74) is 2.72. The number of hydrogen-bond acceptors (Lipinski definition) is 3. The average molecular weight is 249 g/mol. The molecule has 2 atom stereocenters. The normalized spacial score (nSPS) is 19.6. The van der Waals surface area contributed by atoms with E-state index in [0.717, 1.165) is 25.1 Å². The Morgan fingerprint density at radius 2 is 2.33 bits per heavy atom. The second-order valence-corrected chi connectivity index (χ2v) is 5.07. The molecule has 0 bridgehead atoms. The Balaban J connectivity index is 2.09.